The average Bonchev–Trinajstić information content (AvgIpc) is 2.72. The summed E-state index contributed by atoms with van der Waals surface area (Å²) in [5, 5.41) is 6.90. The van der Waals surface area contributed by atoms with Gasteiger partial charge in [-0.3, -0.25) is 14.4 Å². The van der Waals surface area contributed by atoms with Crippen molar-refractivity contribution in [2.45, 2.75) is 52.9 Å². The molecule has 1 aromatic carbocycles. The van der Waals surface area contributed by atoms with Gasteiger partial charge in [-0.2, -0.15) is 5.10 Å². The number of amides is 2. The zero-order valence-corrected chi connectivity index (χ0v) is 16.8. The van der Waals surface area contributed by atoms with Gasteiger partial charge in [-0.25, -0.2) is 5.43 Å². The molecule has 0 spiro atoms. The molecule has 1 aliphatic carbocycles. The zero-order chi connectivity index (χ0) is 20.5. The molecule has 28 heavy (non-hydrogen) atoms. The van der Waals surface area contributed by atoms with Gasteiger partial charge >= 0.3 is 5.97 Å². The molecule has 7 nitrogen and oxygen atoms in total. The molecule has 0 radical (unpaired) electrons. The highest BCUT2D eigenvalue weighted by Gasteiger charge is 2.21. The summed E-state index contributed by atoms with van der Waals surface area (Å²) in [5.74, 6) is -1.17. The van der Waals surface area contributed by atoms with Crippen molar-refractivity contribution < 1.29 is 19.1 Å². The van der Waals surface area contributed by atoms with Crippen molar-refractivity contribution >= 4 is 29.2 Å². The summed E-state index contributed by atoms with van der Waals surface area (Å²) < 4.78 is 4.94. The van der Waals surface area contributed by atoms with Crippen molar-refractivity contribution in [2.24, 2.45) is 16.9 Å². The SMILES string of the molecule is CCOC(=O)C(C)/C(C)=N\NC(=O)c1ccc(NC(=O)C2CCCCC2)cc1. The third kappa shape index (κ3) is 6.18. The summed E-state index contributed by atoms with van der Waals surface area (Å²) in [6, 6.07) is 6.66. The van der Waals surface area contributed by atoms with E-state index in [0.29, 0.717) is 23.6 Å². The molecule has 0 aliphatic heterocycles. The van der Waals surface area contributed by atoms with E-state index < -0.39 is 5.92 Å². The van der Waals surface area contributed by atoms with Crippen LogP contribution in [0, 0.1) is 11.8 Å². The Morgan fingerprint density at radius 3 is 2.39 bits per heavy atom. The Bertz CT molecular complexity index is 722. The minimum Gasteiger partial charge on any atom is -0.465 e. The Morgan fingerprint density at radius 1 is 1.14 bits per heavy atom. The van der Waals surface area contributed by atoms with Crippen LogP contribution in [0.2, 0.25) is 0 Å². The highest BCUT2D eigenvalue weighted by molar-refractivity contribution is 6.02. The molecule has 2 rings (SSSR count). The number of carbonyl (C=O) groups excluding carboxylic acids is 3. The fourth-order valence-electron chi connectivity index (χ4n) is 3.05. The smallest absolute Gasteiger partial charge is 0.314 e. The number of nitrogens with one attached hydrogen (secondary N) is 2. The quantitative estimate of drug-likeness (QED) is 0.425. The molecule has 1 atom stereocenters. The lowest BCUT2D eigenvalue weighted by Crippen LogP contribution is -2.26. The number of hydrogen-bond donors (Lipinski definition) is 2. The van der Waals surface area contributed by atoms with Crippen molar-refractivity contribution in [1.82, 2.24) is 5.43 Å². The molecule has 1 unspecified atom stereocenters. The summed E-state index contributed by atoms with van der Waals surface area (Å²) in [6.45, 7) is 5.37. The molecule has 1 saturated carbocycles. The van der Waals surface area contributed by atoms with Gasteiger partial charge in [-0.05, 0) is 57.9 Å². The first kappa shape index (κ1) is 21.6. The van der Waals surface area contributed by atoms with Gasteiger partial charge in [-0.15, -0.1) is 0 Å². The van der Waals surface area contributed by atoms with Crippen molar-refractivity contribution in [1.29, 1.82) is 0 Å². The predicted molar refractivity (Wildman–Crippen MR) is 108 cm³/mol. The van der Waals surface area contributed by atoms with E-state index in [0.717, 1.165) is 25.7 Å². The minimum absolute atomic E-state index is 0.0464. The molecule has 0 saturated heterocycles. The first-order valence-electron chi connectivity index (χ1n) is 9.84. The van der Waals surface area contributed by atoms with Crippen LogP contribution < -0.4 is 10.7 Å². The number of esters is 1. The van der Waals surface area contributed by atoms with Gasteiger partial charge < -0.3 is 10.1 Å². The summed E-state index contributed by atoms with van der Waals surface area (Å²) in [5.41, 5.74) is 3.99. The van der Waals surface area contributed by atoms with Crippen LogP contribution in [0.25, 0.3) is 0 Å². The van der Waals surface area contributed by atoms with E-state index in [1.54, 1.807) is 45.0 Å². The van der Waals surface area contributed by atoms with E-state index in [-0.39, 0.29) is 23.7 Å². The summed E-state index contributed by atoms with van der Waals surface area (Å²) >= 11 is 0. The van der Waals surface area contributed by atoms with Crippen LogP contribution in [0.3, 0.4) is 0 Å². The second-order valence-corrected chi connectivity index (χ2v) is 7.07. The standard InChI is InChI=1S/C21H29N3O4/c1-4-28-21(27)14(2)15(3)23-24-20(26)17-10-12-18(13-11-17)22-19(25)16-8-6-5-7-9-16/h10-14,16H,4-9H2,1-3H3,(H,22,25)(H,24,26)/b23-15-. The highest BCUT2D eigenvalue weighted by atomic mass is 16.5. The van der Waals surface area contributed by atoms with Crippen molar-refractivity contribution in [3.8, 4) is 0 Å². The molecule has 0 aromatic heterocycles. The van der Waals surface area contributed by atoms with Crippen LogP contribution >= 0.6 is 0 Å². The number of rotatable bonds is 7. The lowest BCUT2D eigenvalue weighted by molar-refractivity contribution is -0.145. The lowest BCUT2D eigenvalue weighted by atomic mass is 9.88. The third-order valence-corrected chi connectivity index (χ3v) is 4.99. The fourth-order valence-corrected chi connectivity index (χ4v) is 3.05. The topological polar surface area (TPSA) is 96.9 Å². The summed E-state index contributed by atoms with van der Waals surface area (Å²) in [6.07, 6.45) is 5.29. The first-order valence-corrected chi connectivity index (χ1v) is 9.84. The number of nitrogens with zero attached hydrogens (tertiary/aromatic N) is 1. The van der Waals surface area contributed by atoms with Gasteiger partial charge in [0.05, 0.1) is 12.5 Å². The Hall–Kier alpha value is -2.70. The maximum Gasteiger partial charge on any atom is 0.314 e. The van der Waals surface area contributed by atoms with Crippen LogP contribution in [0.4, 0.5) is 5.69 Å². The normalized spacial score (nSPS) is 16.2. The third-order valence-electron chi connectivity index (χ3n) is 4.99. The highest BCUT2D eigenvalue weighted by Crippen LogP contribution is 2.25. The van der Waals surface area contributed by atoms with Crippen molar-refractivity contribution in [3.63, 3.8) is 0 Å². The molecule has 2 N–H and O–H groups in total. The Morgan fingerprint density at radius 2 is 1.79 bits per heavy atom. The average molecular weight is 387 g/mol. The van der Waals surface area contributed by atoms with Crippen LogP contribution in [0.5, 0.6) is 0 Å². The Balaban J connectivity index is 1.89. The molecule has 0 bridgehead atoms. The molecule has 2 amide bonds. The summed E-state index contributed by atoms with van der Waals surface area (Å²) in [7, 11) is 0. The van der Waals surface area contributed by atoms with E-state index in [1.807, 2.05) is 0 Å². The minimum atomic E-state index is -0.530. The molecule has 152 valence electrons. The second kappa shape index (κ2) is 10.6. The van der Waals surface area contributed by atoms with Gasteiger partial charge in [0.25, 0.3) is 5.91 Å². The van der Waals surface area contributed by atoms with E-state index in [4.69, 9.17) is 4.74 Å². The molecular formula is C21H29N3O4. The molecule has 0 heterocycles. The van der Waals surface area contributed by atoms with Gasteiger partial charge in [0, 0.05) is 22.9 Å². The number of hydrogen-bond acceptors (Lipinski definition) is 5. The Kier molecular flexibility index (Phi) is 8.17. The van der Waals surface area contributed by atoms with Gasteiger partial charge in [0.1, 0.15) is 0 Å². The van der Waals surface area contributed by atoms with Gasteiger partial charge in [0.15, 0.2) is 0 Å². The Labute approximate surface area is 165 Å². The zero-order valence-electron chi connectivity index (χ0n) is 16.8. The first-order chi connectivity index (χ1) is 13.4. The maximum atomic E-state index is 12.3. The van der Waals surface area contributed by atoms with Crippen LogP contribution in [-0.2, 0) is 14.3 Å². The predicted octanol–water partition coefficient (Wildman–Crippen LogP) is 3.51. The number of ether oxygens (including phenoxy) is 1. The van der Waals surface area contributed by atoms with Crippen LogP contribution in [0.15, 0.2) is 29.4 Å². The monoisotopic (exact) mass is 387 g/mol. The van der Waals surface area contributed by atoms with Gasteiger partial charge in [0.2, 0.25) is 5.91 Å². The fraction of sp³-hybridized carbons (Fsp3) is 0.524. The largest absolute Gasteiger partial charge is 0.465 e. The molecule has 7 heteroatoms. The second-order valence-electron chi connectivity index (χ2n) is 7.07. The van der Waals surface area contributed by atoms with E-state index in [2.05, 4.69) is 15.8 Å². The molecule has 1 fully saturated rings. The van der Waals surface area contributed by atoms with Crippen molar-refractivity contribution in [3.05, 3.63) is 29.8 Å². The number of benzene rings is 1. The van der Waals surface area contributed by atoms with Crippen molar-refractivity contribution in [2.75, 3.05) is 11.9 Å². The lowest BCUT2D eigenvalue weighted by Gasteiger charge is -2.20. The van der Waals surface area contributed by atoms with Crippen LogP contribution in [-0.4, -0.2) is 30.1 Å². The summed E-state index contributed by atoms with van der Waals surface area (Å²) in [4.78, 5) is 36.2. The molecule has 1 aliphatic rings. The number of hydrazone groups is 1. The van der Waals surface area contributed by atoms with E-state index in [1.165, 1.54) is 6.42 Å². The van der Waals surface area contributed by atoms with Gasteiger partial charge in [-0.1, -0.05) is 19.3 Å². The maximum absolute atomic E-state index is 12.3. The number of anilines is 1. The van der Waals surface area contributed by atoms with Crippen LogP contribution in [0.1, 0.15) is 63.2 Å². The van der Waals surface area contributed by atoms with E-state index in [9.17, 15) is 14.4 Å². The van der Waals surface area contributed by atoms with E-state index >= 15 is 0 Å². The molecule has 1 aromatic rings. The molecular weight excluding hydrogens is 358 g/mol. The number of carbonyl (C=O) groups is 3.